The average molecular weight is 389 g/mol. The fourth-order valence-corrected chi connectivity index (χ4v) is 4.28. The van der Waals surface area contributed by atoms with Gasteiger partial charge in [-0.1, -0.05) is 49.4 Å². The van der Waals surface area contributed by atoms with E-state index < -0.39 is 0 Å². The minimum Gasteiger partial charge on any atom is -0.379 e. The van der Waals surface area contributed by atoms with Crippen LogP contribution in [0.4, 0.5) is 0 Å². The van der Waals surface area contributed by atoms with Crippen molar-refractivity contribution in [1.82, 2.24) is 9.88 Å². The number of pyridine rings is 1. The molecule has 0 aliphatic carbocycles. The Bertz CT molecular complexity index is 984. The second kappa shape index (κ2) is 8.75. The van der Waals surface area contributed by atoms with E-state index in [2.05, 4.69) is 41.4 Å². The Balaban J connectivity index is 1.45. The number of piperidine rings is 1. The summed E-state index contributed by atoms with van der Waals surface area (Å²) in [4.78, 5) is 18.5. The molecule has 0 bridgehead atoms. The summed E-state index contributed by atoms with van der Waals surface area (Å²) in [6, 6.07) is 19.2. The summed E-state index contributed by atoms with van der Waals surface area (Å²) in [6.45, 7) is 3.45. The monoisotopic (exact) mass is 388 g/mol. The first-order valence-corrected chi connectivity index (χ1v) is 10.4. The van der Waals surface area contributed by atoms with Crippen molar-refractivity contribution in [2.75, 3.05) is 20.2 Å². The number of likely N-dealkylation sites (tertiary alicyclic amines) is 1. The molecule has 1 aliphatic rings. The Labute approximate surface area is 172 Å². The number of aromatic nitrogens is 1. The number of para-hydroxylation sites is 1. The molecule has 2 atom stereocenters. The van der Waals surface area contributed by atoms with Crippen molar-refractivity contribution in [2.45, 2.75) is 32.3 Å². The highest BCUT2D eigenvalue weighted by Crippen LogP contribution is 2.27. The molecule has 0 saturated carbocycles. The summed E-state index contributed by atoms with van der Waals surface area (Å²) in [6.07, 6.45) is 4.57. The molecule has 29 heavy (non-hydrogen) atoms. The van der Waals surface area contributed by atoms with Gasteiger partial charge in [-0.15, -0.1) is 0 Å². The molecule has 4 rings (SSSR count). The average Bonchev–Trinajstić information content (AvgIpc) is 2.79. The van der Waals surface area contributed by atoms with Gasteiger partial charge in [0.05, 0.1) is 11.6 Å². The summed E-state index contributed by atoms with van der Waals surface area (Å²) < 4.78 is 5.73. The second-order valence-electron chi connectivity index (χ2n) is 7.83. The number of amides is 1. The van der Waals surface area contributed by atoms with Gasteiger partial charge in [0.1, 0.15) is 0 Å². The topological polar surface area (TPSA) is 42.4 Å². The predicted molar refractivity (Wildman–Crippen MR) is 117 cm³/mol. The van der Waals surface area contributed by atoms with Gasteiger partial charge in [0, 0.05) is 43.8 Å². The number of carbonyl (C=O) groups excluding carboxylic acids is 1. The lowest BCUT2D eigenvalue weighted by Crippen LogP contribution is -2.47. The molecule has 0 unspecified atom stereocenters. The van der Waals surface area contributed by atoms with Gasteiger partial charge >= 0.3 is 0 Å². The van der Waals surface area contributed by atoms with Crippen molar-refractivity contribution >= 4 is 16.8 Å². The Kier molecular flexibility index (Phi) is 5.91. The van der Waals surface area contributed by atoms with Gasteiger partial charge in [-0.3, -0.25) is 9.78 Å². The molecule has 0 spiro atoms. The third-order valence-electron chi connectivity index (χ3n) is 6.03. The van der Waals surface area contributed by atoms with Gasteiger partial charge in [0.2, 0.25) is 5.91 Å². The van der Waals surface area contributed by atoms with Crippen LogP contribution in [0, 0.1) is 5.92 Å². The second-order valence-corrected chi connectivity index (χ2v) is 7.83. The van der Waals surface area contributed by atoms with Crippen LogP contribution in [0.1, 0.15) is 25.3 Å². The minimum absolute atomic E-state index is 0.101. The van der Waals surface area contributed by atoms with Gasteiger partial charge in [-0.05, 0) is 42.0 Å². The van der Waals surface area contributed by atoms with Crippen molar-refractivity contribution < 1.29 is 9.53 Å². The van der Waals surface area contributed by atoms with Gasteiger partial charge in [0.25, 0.3) is 0 Å². The molecule has 0 N–H and O–H groups in total. The fraction of sp³-hybridized carbons (Fsp3) is 0.360. The molecule has 2 aromatic carbocycles. The minimum atomic E-state index is 0.101. The van der Waals surface area contributed by atoms with Crippen molar-refractivity contribution in [2.24, 2.45) is 5.92 Å². The lowest BCUT2D eigenvalue weighted by atomic mass is 9.87. The molecule has 1 aliphatic heterocycles. The zero-order valence-corrected chi connectivity index (χ0v) is 17.2. The largest absolute Gasteiger partial charge is 0.379 e. The lowest BCUT2D eigenvalue weighted by molar-refractivity contribution is -0.136. The molecule has 2 heterocycles. The molecule has 150 valence electrons. The maximum absolute atomic E-state index is 12.0. The van der Waals surface area contributed by atoms with Crippen molar-refractivity contribution in [3.8, 4) is 11.1 Å². The summed E-state index contributed by atoms with van der Waals surface area (Å²) in [7, 11) is 1.76. The molecule has 4 nitrogen and oxygen atoms in total. The van der Waals surface area contributed by atoms with Crippen LogP contribution in [-0.2, 0) is 16.0 Å². The zero-order chi connectivity index (χ0) is 20.2. The highest BCUT2D eigenvalue weighted by molar-refractivity contribution is 5.83. The summed E-state index contributed by atoms with van der Waals surface area (Å²) in [5, 5.41) is 1.16. The Morgan fingerprint density at radius 2 is 1.93 bits per heavy atom. The number of hydrogen-bond donors (Lipinski definition) is 0. The first-order valence-electron chi connectivity index (χ1n) is 10.4. The number of carbonyl (C=O) groups is 1. The summed E-state index contributed by atoms with van der Waals surface area (Å²) >= 11 is 0. The number of fused-ring (bicyclic) bond motifs is 1. The van der Waals surface area contributed by atoms with Gasteiger partial charge in [-0.2, -0.15) is 0 Å². The van der Waals surface area contributed by atoms with E-state index in [9.17, 15) is 4.79 Å². The molecule has 1 saturated heterocycles. The van der Waals surface area contributed by atoms with Crippen LogP contribution in [0.3, 0.4) is 0 Å². The van der Waals surface area contributed by atoms with E-state index in [1.54, 1.807) is 7.11 Å². The highest BCUT2D eigenvalue weighted by Gasteiger charge is 2.30. The number of rotatable bonds is 5. The first kappa shape index (κ1) is 19.6. The number of ether oxygens (including phenoxy) is 1. The third-order valence-corrected chi connectivity index (χ3v) is 6.03. The standard InChI is InChI=1S/C25H28N2O2/c1-3-25(28)27-13-12-21(24(17-27)29-2)14-18-8-10-19(11-9-18)22-15-20-6-4-5-7-23(20)26-16-22/h4-11,15-16,21,24H,3,12-14,17H2,1-2H3/t21-,24+/m1/s1. The SMILES string of the molecule is CCC(=O)N1CC[C@H](Cc2ccc(-c3cnc4ccccc4c3)cc2)[C@@H](OC)C1. The third kappa shape index (κ3) is 4.33. The fourth-order valence-electron chi connectivity index (χ4n) is 4.28. The van der Waals surface area contributed by atoms with Crippen molar-refractivity contribution in [1.29, 1.82) is 0 Å². The number of hydrogen-bond acceptors (Lipinski definition) is 3. The van der Waals surface area contributed by atoms with E-state index in [-0.39, 0.29) is 12.0 Å². The first-order chi connectivity index (χ1) is 14.2. The van der Waals surface area contributed by atoms with E-state index in [4.69, 9.17) is 4.74 Å². The summed E-state index contributed by atoms with van der Waals surface area (Å²) in [5.41, 5.74) is 4.64. The van der Waals surface area contributed by atoms with E-state index in [1.807, 2.05) is 36.2 Å². The molecule has 1 fully saturated rings. The maximum Gasteiger partial charge on any atom is 0.222 e. The van der Waals surface area contributed by atoms with Crippen LogP contribution >= 0.6 is 0 Å². The van der Waals surface area contributed by atoms with E-state index in [1.165, 1.54) is 11.1 Å². The molecule has 1 amide bonds. The predicted octanol–water partition coefficient (Wildman–Crippen LogP) is 4.72. The van der Waals surface area contributed by atoms with Crippen molar-refractivity contribution in [3.63, 3.8) is 0 Å². The van der Waals surface area contributed by atoms with E-state index in [0.29, 0.717) is 18.9 Å². The highest BCUT2D eigenvalue weighted by atomic mass is 16.5. The number of benzene rings is 2. The molecule has 0 radical (unpaired) electrons. The van der Waals surface area contributed by atoms with Crippen LogP contribution in [0.2, 0.25) is 0 Å². The lowest BCUT2D eigenvalue weighted by Gasteiger charge is -2.38. The van der Waals surface area contributed by atoms with Gasteiger partial charge in [-0.25, -0.2) is 0 Å². The molecule has 4 heteroatoms. The number of nitrogens with zero attached hydrogens (tertiary/aromatic N) is 2. The molecule has 3 aromatic rings. The molecular formula is C25H28N2O2. The smallest absolute Gasteiger partial charge is 0.222 e. The van der Waals surface area contributed by atoms with E-state index >= 15 is 0 Å². The van der Waals surface area contributed by atoms with Crippen LogP contribution in [0.25, 0.3) is 22.0 Å². The summed E-state index contributed by atoms with van der Waals surface area (Å²) in [5.74, 6) is 0.660. The van der Waals surface area contributed by atoms with Gasteiger partial charge in [0.15, 0.2) is 0 Å². The Hall–Kier alpha value is -2.72. The maximum atomic E-state index is 12.0. The van der Waals surface area contributed by atoms with E-state index in [0.717, 1.165) is 35.9 Å². The van der Waals surface area contributed by atoms with Crippen molar-refractivity contribution in [3.05, 3.63) is 66.4 Å². The zero-order valence-electron chi connectivity index (χ0n) is 17.2. The molecular weight excluding hydrogens is 360 g/mol. The quantitative estimate of drug-likeness (QED) is 0.635. The Morgan fingerprint density at radius 3 is 2.69 bits per heavy atom. The normalized spacial score (nSPS) is 19.4. The van der Waals surface area contributed by atoms with Crippen LogP contribution in [0.5, 0.6) is 0 Å². The van der Waals surface area contributed by atoms with Crippen LogP contribution < -0.4 is 0 Å². The number of methoxy groups -OCH3 is 1. The van der Waals surface area contributed by atoms with Crippen LogP contribution in [-0.4, -0.2) is 42.1 Å². The Morgan fingerprint density at radius 1 is 1.14 bits per heavy atom. The van der Waals surface area contributed by atoms with Crippen LogP contribution in [0.15, 0.2) is 60.8 Å². The van der Waals surface area contributed by atoms with Gasteiger partial charge < -0.3 is 9.64 Å². The molecule has 1 aromatic heterocycles.